The summed E-state index contributed by atoms with van der Waals surface area (Å²) in [6, 6.07) is 17.8. The lowest BCUT2D eigenvalue weighted by molar-refractivity contribution is 0.172. The summed E-state index contributed by atoms with van der Waals surface area (Å²) in [6.45, 7) is 0.450. The molecule has 0 aliphatic carbocycles. The third-order valence-corrected chi connectivity index (χ3v) is 3.78. The number of pyridine rings is 2. The van der Waals surface area contributed by atoms with Crippen molar-refractivity contribution in [1.29, 1.82) is 0 Å². The molecule has 23 heavy (non-hydrogen) atoms. The standard InChI is InChI=1S/C19H19N3O/c23-18(15-6-10-20-11-7-15)14-22-19(16-4-2-1-3-5-16)17-8-12-21-13-9-17/h1-13,18-19,22-23H,14H2/t18-,19+/m1/s1. The molecule has 0 amide bonds. The van der Waals surface area contributed by atoms with Crippen molar-refractivity contribution < 1.29 is 5.11 Å². The zero-order valence-corrected chi connectivity index (χ0v) is 12.7. The largest absolute Gasteiger partial charge is 0.387 e. The van der Waals surface area contributed by atoms with Crippen LogP contribution in [0.4, 0.5) is 0 Å². The molecule has 2 N–H and O–H groups in total. The maximum absolute atomic E-state index is 10.4. The molecule has 0 spiro atoms. The van der Waals surface area contributed by atoms with Gasteiger partial charge in [0.05, 0.1) is 12.1 Å². The van der Waals surface area contributed by atoms with Crippen LogP contribution in [0.25, 0.3) is 0 Å². The zero-order valence-electron chi connectivity index (χ0n) is 12.7. The lowest BCUT2D eigenvalue weighted by Gasteiger charge is -2.22. The van der Waals surface area contributed by atoms with Crippen LogP contribution in [0.1, 0.15) is 28.8 Å². The Morgan fingerprint density at radius 1 is 0.739 bits per heavy atom. The van der Waals surface area contributed by atoms with Crippen LogP contribution in [-0.2, 0) is 0 Å². The summed E-state index contributed by atoms with van der Waals surface area (Å²) in [7, 11) is 0. The van der Waals surface area contributed by atoms with E-state index in [1.54, 1.807) is 24.8 Å². The van der Waals surface area contributed by atoms with E-state index < -0.39 is 6.10 Å². The van der Waals surface area contributed by atoms with Crippen molar-refractivity contribution in [1.82, 2.24) is 15.3 Å². The molecule has 0 radical (unpaired) electrons. The Labute approximate surface area is 135 Å². The Morgan fingerprint density at radius 3 is 1.87 bits per heavy atom. The van der Waals surface area contributed by atoms with Crippen LogP contribution in [0, 0.1) is 0 Å². The van der Waals surface area contributed by atoms with Gasteiger partial charge in [0.1, 0.15) is 0 Å². The fourth-order valence-electron chi connectivity index (χ4n) is 2.56. The molecule has 3 rings (SSSR count). The molecular formula is C19H19N3O. The lowest BCUT2D eigenvalue weighted by Crippen LogP contribution is -2.27. The van der Waals surface area contributed by atoms with Gasteiger partial charge in [-0.25, -0.2) is 0 Å². The minimum Gasteiger partial charge on any atom is -0.387 e. The van der Waals surface area contributed by atoms with E-state index in [9.17, 15) is 5.11 Å². The van der Waals surface area contributed by atoms with Gasteiger partial charge in [-0.15, -0.1) is 0 Å². The van der Waals surface area contributed by atoms with Gasteiger partial charge in [-0.05, 0) is 41.0 Å². The van der Waals surface area contributed by atoms with Crippen molar-refractivity contribution in [3.05, 3.63) is 96.1 Å². The molecule has 0 unspecified atom stereocenters. The summed E-state index contributed by atoms with van der Waals surface area (Å²) in [5.74, 6) is 0. The van der Waals surface area contributed by atoms with E-state index in [1.807, 2.05) is 42.5 Å². The van der Waals surface area contributed by atoms with Gasteiger partial charge in [0, 0.05) is 31.3 Å². The molecule has 4 heteroatoms. The van der Waals surface area contributed by atoms with E-state index in [4.69, 9.17) is 0 Å². The number of hydrogen-bond acceptors (Lipinski definition) is 4. The Morgan fingerprint density at radius 2 is 1.26 bits per heavy atom. The highest BCUT2D eigenvalue weighted by atomic mass is 16.3. The summed E-state index contributed by atoms with van der Waals surface area (Å²) >= 11 is 0. The average Bonchev–Trinajstić information content (AvgIpc) is 2.64. The fraction of sp³-hybridized carbons (Fsp3) is 0.158. The molecule has 4 nitrogen and oxygen atoms in total. The third kappa shape index (κ3) is 4.00. The molecular weight excluding hydrogens is 286 g/mol. The highest BCUT2D eigenvalue weighted by Gasteiger charge is 2.15. The number of hydrogen-bond donors (Lipinski definition) is 2. The molecule has 3 aromatic rings. The number of nitrogens with one attached hydrogen (secondary N) is 1. The highest BCUT2D eigenvalue weighted by Crippen LogP contribution is 2.22. The van der Waals surface area contributed by atoms with Gasteiger partial charge < -0.3 is 10.4 Å². The van der Waals surface area contributed by atoms with E-state index >= 15 is 0 Å². The maximum Gasteiger partial charge on any atom is 0.0915 e. The molecule has 0 fully saturated rings. The second-order valence-electron chi connectivity index (χ2n) is 5.33. The summed E-state index contributed by atoms with van der Waals surface area (Å²) in [6.07, 6.45) is 6.37. The first-order chi connectivity index (χ1) is 11.3. The summed E-state index contributed by atoms with van der Waals surface area (Å²) in [5.41, 5.74) is 3.13. The second kappa shape index (κ2) is 7.63. The van der Waals surface area contributed by atoms with Crippen LogP contribution in [0.5, 0.6) is 0 Å². The number of nitrogens with zero attached hydrogens (tertiary/aromatic N) is 2. The van der Waals surface area contributed by atoms with E-state index in [2.05, 4.69) is 27.4 Å². The maximum atomic E-state index is 10.4. The van der Waals surface area contributed by atoms with Gasteiger partial charge >= 0.3 is 0 Å². The molecule has 0 aliphatic heterocycles. The molecule has 0 bridgehead atoms. The molecule has 2 aromatic heterocycles. The first kappa shape index (κ1) is 15.3. The molecule has 116 valence electrons. The first-order valence-electron chi connectivity index (χ1n) is 7.61. The topological polar surface area (TPSA) is 58.0 Å². The first-order valence-corrected chi connectivity index (χ1v) is 7.61. The number of aromatic nitrogens is 2. The third-order valence-electron chi connectivity index (χ3n) is 3.78. The minimum absolute atomic E-state index is 0.00990. The molecule has 2 atom stereocenters. The predicted molar refractivity (Wildman–Crippen MR) is 89.7 cm³/mol. The molecule has 1 aromatic carbocycles. The number of aliphatic hydroxyl groups excluding tert-OH is 1. The van der Waals surface area contributed by atoms with Gasteiger partial charge in [0.2, 0.25) is 0 Å². The Bertz CT molecular complexity index is 665. The molecule has 2 heterocycles. The Balaban J connectivity index is 1.77. The van der Waals surface area contributed by atoms with E-state index in [1.165, 1.54) is 0 Å². The van der Waals surface area contributed by atoms with Crippen LogP contribution in [0.2, 0.25) is 0 Å². The smallest absolute Gasteiger partial charge is 0.0915 e. The summed E-state index contributed by atoms with van der Waals surface area (Å²) < 4.78 is 0. The van der Waals surface area contributed by atoms with Crippen LogP contribution >= 0.6 is 0 Å². The fourth-order valence-corrected chi connectivity index (χ4v) is 2.56. The van der Waals surface area contributed by atoms with Gasteiger partial charge in [-0.1, -0.05) is 30.3 Å². The van der Waals surface area contributed by atoms with Crippen LogP contribution < -0.4 is 5.32 Å². The van der Waals surface area contributed by atoms with Crippen molar-refractivity contribution in [3.63, 3.8) is 0 Å². The van der Waals surface area contributed by atoms with Crippen molar-refractivity contribution in [3.8, 4) is 0 Å². The van der Waals surface area contributed by atoms with Crippen molar-refractivity contribution in [2.24, 2.45) is 0 Å². The van der Waals surface area contributed by atoms with E-state index in [0.717, 1.165) is 16.7 Å². The van der Waals surface area contributed by atoms with Crippen LogP contribution in [-0.4, -0.2) is 21.6 Å². The lowest BCUT2D eigenvalue weighted by atomic mass is 9.99. The Hall–Kier alpha value is -2.56. The number of benzene rings is 1. The predicted octanol–water partition coefficient (Wildman–Crippen LogP) is 2.89. The number of aliphatic hydroxyl groups is 1. The zero-order chi connectivity index (χ0) is 15.9. The number of rotatable bonds is 6. The summed E-state index contributed by atoms with van der Waals surface area (Å²) in [5, 5.41) is 13.8. The van der Waals surface area contributed by atoms with Crippen molar-refractivity contribution >= 4 is 0 Å². The quantitative estimate of drug-likeness (QED) is 0.735. The van der Waals surface area contributed by atoms with Gasteiger partial charge in [-0.2, -0.15) is 0 Å². The van der Waals surface area contributed by atoms with Gasteiger partial charge in [0.15, 0.2) is 0 Å². The van der Waals surface area contributed by atoms with Gasteiger partial charge in [-0.3, -0.25) is 9.97 Å². The summed E-state index contributed by atoms with van der Waals surface area (Å²) in [4.78, 5) is 8.06. The normalized spacial score (nSPS) is 13.4. The monoisotopic (exact) mass is 305 g/mol. The highest BCUT2D eigenvalue weighted by molar-refractivity contribution is 5.30. The van der Waals surface area contributed by atoms with E-state index in [-0.39, 0.29) is 6.04 Å². The molecule has 0 saturated heterocycles. The molecule has 0 aliphatic rings. The Kier molecular flexibility index (Phi) is 5.09. The molecule has 0 saturated carbocycles. The second-order valence-corrected chi connectivity index (χ2v) is 5.33. The van der Waals surface area contributed by atoms with Crippen molar-refractivity contribution in [2.45, 2.75) is 12.1 Å². The SMILES string of the molecule is O[C@H](CN[C@@H](c1ccccc1)c1ccncc1)c1ccncc1. The van der Waals surface area contributed by atoms with Crippen LogP contribution in [0.3, 0.4) is 0 Å². The van der Waals surface area contributed by atoms with Crippen molar-refractivity contribution in [2.75, 3.05) is 6.54 Å². The van der Waals surface area contributed by atoms with E-state index in [0.29, 0.717) is 6.54 Å². The average molecular weight is 305 g/mol. The minimum atomic E-state index is -0.578. The van der Waals surface area contributed by atoms with Gasteiger partial charge in [0.25, 0.3) is 0 Å². The van der Waals surface area contributed by atoms with Crippen LogP contribution in [0.15, 0.2) is 79.4 Å².